The van der Waals surface area contributed by atoms with Crippen LogP contribution >= 0.6 is 0 Å². The van der Waals surface area contributed by atoms with Crippen LogP contribution in [0.25, 0.3) is 12.2 Å². The Morgan fingerprint density at radius 3 is 1.30 bits per heavy atom. The molecule has 4 nitrogen and oxygen atoms in total. The average Bonchev–Trinajstić information content (AvgIpc) is 2.68. The predicted molar refractivity (Wildman–Crippen MR) is 97.2 cm³/mol. The molecule has 0 radical (unpaired) electrons. The fourth-order valence-electron chi connectivity index (χ4n) is 2.34. The molecule has 2 aromatic carbocycles. The normalized spacial score (nSPS) is 12.3. The van der Waals surface area contributed by atoms with Gasteiger partial charge in [-0.3, -0.25) is 20.4 Å². The summed E-state index contributed by atoms with van der Waals surface area (Å²) in [6.07, 6.45) is -5.84. The van der Waals surface area contributed by atoms with E-state index >= 15 is 0 Å². The lowest BCUT2D eigenvalue weighted by atomic mass is 10.1. The Morgan fingerprint density at radius 1 is 0.633 bits per heavy atom. The third kappa shape index (κ3) is 6.50. The first kappa shape index (κ1) is 22.7. The molecule has 0 fully saturated rings. The number of nitrogens with one attached hydrogen (secondary N) is 2. The van der Waals surface area contributed by atoms with E-state index in [2.05, 4.69) is 0 Å². The molecule has 158 valence electrons. The van der Waals surface area contributed by atoms with Crippen molar-refractivity contribution < 1.29 is 35.9 Å². The number of benzene rings is 2. The molecule has 2 amide bonds. The Labute approximate surface area is 166 Å². The van der Waals surface area contributed by atoms with Crippen molar-refractivity contribution in [2.45, 2.75) is 12.4 Å². The lowest BCUT2D eigenvalue weighted by Crippen LogP contribution is -2.39. The molecule has 0 aliphatic heterocycles. The molecule has 0 aromatic heterocycles. The summed E-state index contributed by atoms with van der Waals surface area (Å²) < 4.78 is 77.3. The van der Waals surface area contributed by atoms with Crippen molar-refractivity contribution in [3.8, 4) is 0 Å². The fourth-order valence-corrected chi connectivity index (χ4v) is 2.34. The SMILES string of the molecule is O=C(/C=C/c1ccccc1C(F)(F)F)NNC(=O)/C=C/c1ccccc1C(F)(F)F. The molecule has 0 heterocycles. The van der Waals surface area contributed by atoms with Crippen molar-refractivity contribution in [2.24, 2.45) is 0 Å². The van der Waals surface area contributed by atoms with Crippen LogP contribution < -0.4 is 10.9 Å². The molecule has 0 unspecified atom stereocenters. The molecular weight excluding hydrogens is 414 g/mol. The standard InChI is InChI=1S/C20H14F6N2O2/c21-19(22,23)15-7-3-1-5-13(15)9-11-17(29)27-28-18(30)12-10-14-6-2-4-8-16(14)20(24,25)26/h1-12H,(H,27,29)(H,28,30)/b11-9+,12-10+. The maximum absolute atomic E-state index is 12.9. The summed E-state index contributed by atoms with van der Waals surface area (Å²) in [6.45, 7) is 0. The fraction of sp³-hybridized carbons (Fsp3) is 0.100. The molecule has 2 aromatic rings. The highest BCUT2D eigenvalue weighted by molar-refractivity contribution is 5.96. The zero-order valence-electron chi connectivity index (χ0n) is 15.0. The maximum Gasteiger partial charge on any atom is 0.416 e. The number of carbonyl (C=O) groups is 2. The number of alkyl halides is 6. The predicted octanol–water partition coefficient (Wildman–Crippen LogP) is 4.60. The van der Waals surface area contributed by atoms with Crippen LogP contribution in [0.2, 0.25) is 0 Å². The Hall–Kier alpha value is -3.56. The van der Waals surface area contributed by atoms with Crippen LogP contribution in [0.1, 0.15) is 22.3 Å². The second-order valence-electron chi connectivity index (χ2n) is 5.82. The van der Waals surface area contributed by atoms with Gasteiger partial charge in [-0.15, -0.1) is 0 Å². The van der Waals surface area contributed by atoms with Crippen molar-refractivity contribution in [3.63, 3.8) is 0 Å². The van der Waals surface area contributed by atoms with Gasteiger partial charge in [0.15, 0.2) is 0 Å². The second-order valence-corrected chi connectivity index (χ2v) is 5.82. The number of halogens is 6. The van der Waals surface area contributed by atoms with Crippen LogP contribution in [-0.2, 0) is 21.9 Å². The van der Waals surface area contributed by atoms with Crippen LogP contribution in [-0.4, -0.2) is 11.8 Å². The minimum atomic E-state index is -4.61. The van der Waals surface area contributed by atoms with Crippen LogP contribution in [0.3, 0.4) is 0 Å². The van der Waals surface area contributed by atoms with Gasteiger partial charge in [-0.1, -0.05) is 36.4 Å². The summed E-state index contributed by atoms with van der Waals surface area (Å²) in [5.41, 5.74) is 1.43. The number of hydrazine groups is 1. The van der Waals surface area contributed by atoms with Gasteiger partial charge in [0.1, 0.15) is 0 Å². The third-order valence-corrected chi connectivity index (χ3v) is 3.67. The van der Waals surface area contributed by atoms with Gasteiger partial charge in [-0.2, -0.15) is 26.3 Å². The Morgan fingerprint density at radius 2 is 0.967 bits per heavy atom. The number of carbonyl (C=O) groups excluding carboxylic acids is 2. The maximum atomic E-state index is 12.9. The highest BCUT2D eigenvalue weighted by Gasteiger charge is 2.33. The zero-order valence-corrected chi connectivity index (χ0v) is 15.0. The summed E-state index contributed by atoms with van der Waals surface area (Å²) in [5, 5.41) is 0. The first-order valence-electron chi connectivity index (χ1n) is 8.27. The smallest absolute Gasteiger partial charge is 0.268 e. The molecule has 10 heteroatoms. The molecular formula is C20H14F6N2O2. The first-order valence-corrected chi connectivity index (χ1v) is 8.27. The quantitative estimate of drug-likeness (QED) is 0.425. The number of hydrogen-bond acceptors (Lipinski definition) is 2. The summed E-state index contributed by atoms with van der Waals surface area (Å²) >= 11 is 0. The monoisotopic (exact) mass is 428 g/mol. The number of rotatable bonds is 4. The van der Waals surface area contributed by atoms with Crippen molar-refractivity contribution in [1.29, 1.82) is 0 Å². The summed E-state index contributed by atoms with van der Waals surface area (Å²) in [7, 11) is 0. The van der Waals surface area contributed by atoms with Gasteiger partial charge in [0.05, 0.1) is 11.1 Å². The van der Waals surface area contributed by atoms with E-state index in [0.29, 0.717) is 0 Å². The molecule has 2 N–H and O–H groups in total. The van der Waals surface area contributed by atoms with E-state index in [1.165, 1.54) is 24.3 Å². The van der Waals surface area contributed by atoms with E-state index in [-0.39, 0.29) is 11.1 Å². The molecule has 0 aliphatic rings. The van der Waals surface area contributed by atoms with Gasteiger partial charge in [-0.25, -0.2) is 0 Å². The van der Waals surface area contributed by atoms with Gasteiger partial charge >= 0.3 is 12.4 Å². The molecule has 0 aliphatic carbocycles. The van der Waals surface area contributed by atoms with E-state index in [0.717, 1.165) is 48.6 Å². The largest absolute Gasteiger partial charge is 0.416 e. The van der Waals surface area contributed by atoms with Crippen LogP contribution in [0.5, 0.6) is 0 Å². The third-order valence-electron chi connectivity index (χ3n) is 3.67. The molecule has 0 bridgehead atoms. The zero-order chi connectivity index (χ0) is 22.4. The highest BCUT2D eigenvalue weighted by atomic mass is 19.4. The van der Waals surface area contributed by atoms with Crippen molar-refractivity contribution >= 4 is 24.0 Å². The highest BCUT2D eigenvalue weighted by Crippen LogP contribution is 2.33. The van der Waals surface area contributed by atoms with E-state index < -0.39 is 35.3 Å². The van der Waals surface area contributed by atoms with Gasteiger partial charge in [0, 0.05) is 12.2 Å². The average molecular weight is 428 g/mol. The van der Waals surface area contributed by atoms with Crippen LogP contribution in [0.4, 0.5) is 26.3 Å². The lowest BCUT2D eigenvalue weighted by molar-refractivity contribution is -0.138. The molecule has 2 rings (SSSR count). The van der Waals surface area contributed by atoms with Gasteiger partial charge in [0.25, 0.3) is 11.8 Å². The minimum Gasteiger partial charge on any atom is -0.268 e. The van der Waals surface area contributed by atoms with Crippen molar-refractivity contribution in [1.82, 2.24) is 10.9 Å². The van der Waals surface area contributed by atoms with Gasteiger partial charge < -0.3 is 0 Å². The molecule has 0 saturated heterocycles. The van der Waals surface area contributed by atoms with Crippen molar-refractivity contribution in [2.75, 3.05) is 0 Å². The lowest BCUT2D eigenvalue weighted by Gasteiger charge is -2.10. The minimum absolute atomic E-state index is 0.255. The molecule has 0 spiro atoms. The molecule has 0 saturated carbocycles. The van der Waals surface area contributed by atoms with E-state index in [1.54, 1.807) is 0 Å². The van der Waals surface area contributed by atoms with E-state index in [4.69, 9.17) is 0 Å². The number of amides is 2. The molecule has 30 heavy (non-hydrogen) atoms. The van der Waals surface area contributed by atoms with Gasteiger partial charge in [-0.05, 0) is 35.4 Å². The summed E-state index contributed by atoms with van der Waals surface area (Å²) in [4.78, 5) is 23.3. The first-order chi connectivity index (χ1) is 14.0. The Bertz CT molecular complexity index is 898. The van der Waals surface area contributed by atoms with Gasteiger partial charge in [0.2, 0.25) is 0 Å². The second kappa shape index (κ2) is 9.29. The Kier molecular flexibility index (Phi) is 7.04. The van der Waals surface area contributed by atoms with E-state index in [9.17, 15) is 35.9 Å². The summed E-state index contributed by atoms with van der Waals surface area (Å²) in [6, 6.07) is 9.13. The summed E-state index contributed by atoms with van der Waals surface area (Å²) in [5.74, 6) is -1.88. The number of hydrogen-bond donors (Lipinski definition) is 2. The van der Waals surface area contributed by atoms with Crippen LogP contribution in [0.15, 0.2) is 60.7 Å². The van der Waals surface area contributed by atoms with Crippen molar-refractivity contribution in [3.05, 3.63) is 82.9 Å². The molecule has 0 atom stereocenters. The Balaban J connectivity index is 1.98. The topological polar surface area (TPSA) is 58.2 Å². The van der Waals surface area contributed by atoms with E-state index in [1.807, 2.05) is 10.9 Å². The van der Waals surface area contributed by atoms with Crippen LogP contribution in [0, 0.1) is 0 Å².